The second-order valence-corrected chi connectivity index (χ2v) is 13.6. The molecule has 2 aromatic rings. The van der Waals surface area contributed by atoms with Crippen molar-refractivity contribution in [2.45, 2.75) is 96.0 Å². The van der Waals surface area contributed by atoms with Crippen LogP contribution in [0.5, 0.6) is 5.75 Å². The van der Waals surface area contributed by atoms with Crippen molar-refractivity contribution in [3.8, 4) is 5.75 Å². The van der Waals surface area contributed by atoms with E-state index in [0.29, 0.717) is 32.0 Å². The average molecular weight is 632 g/mol. The zero-order valence-corrected chi connectivity index (χ0v) is 27.4. The number of phenols is 1. The number of para-hydroxylation sites is 1. The van der Waals surface area contributed by atoms with Crippen molar-refractivity contribution < 1.29 is 24.2 Å². The quantitative estimate of drug-likeness (QED) is 0.393. The van der Waals surface area contributed by atoms with Crippen LogP contribution in [0, 0.1) is 13.8 Å². The lowest BCUT2D eigenvalue weighted by Crippen LogP contribution is -2.70. The van der Waals surface area contributed by atoms with Crippen molar-refractivity contribution in [1.82, 2.24) is 19.6 Å². The van der Waals surface area contributed by atoms with E-state index in [1.54, 1.807) is 4.90 Å². The minimum Gasteiger partial charge on any atom is -0.507 e. The fraction of sp³-hybridized carbons (Fsp3) is 0.583. The molecule has 2 atom stereocenters. The van der Waals surface area contributed by atoms with Crippen LogP contribution in [0.25, 0.3) is 0 Å². The Balaban J connectivity index is 1.24. The molecule has 10 nitrogen and oxygen atoms in total. The van der Waals surface area contributed by atoms with E-state index >= 15 is 0 Å². The number of hydrogen-bond acceptors (Lipinski definition) is 7. The van der Waals surface area contributed by atoms with Gasteiger partial charge in [0.1, 0.15) is 24.3 Å². The van der Waals surface area contributed by atoms with Crippen molar-refractivity contribution >= 4 is 24.1 Å². The Morgan fingerprint density at radius 1 is 0.978 bits per heavy atom. The second-order valence-electron chi connectivity index (χ2n) is 13.6. The molecule has 0 bridgehead atoms. The number of hydrogen-bond donors (Lipinski definition) is 2. The fourth-order valence-electron chi connectivity index (χ4n) is 8.38. The largest absolute Gasteiger partial charge is 0.507 e. The molecule has 248 valence electrons. The van der Waals surface area contributed by atoms with Gasteiger partial charge >= 0.3 is 12.1 Å². The summed E-state index contributed by atoms with van der Waals surface area (Å²) in [4.78, 5) is 48.8. The number of aldehydes is 1. The summed E-state index contributed by atoms with van der Waals surface area (Å²) in [5, 5.41) is 13.3. The number of phenolic OH excluding ortho intramolecular Hbond substituents is 1. The molecule has 3 fully saturated rings. The highest BCUT2D eigenvalue weighted by molar-refractivity contribution is 5.91. The maximum absolute atomic E-state index is 14.0. The second kappa shape index (κ2) is 14.0. The van der Waals surface area contributed by atoms with Gasteiger partial charge in [-0.15, -0.1) is 0 Å². The van der Waals surface area contributed by atoms with Gasteiger partial charge in [0.25, 0.3) is 0 Å². The molecule has 0 radical (unpaired) electrons. The first kappa shape index (κ1) is 32.3. The van der Waals surface area contributed by atoms with Gasteiger partial charge in [0, 0.05) is 56.8 Å². The minimum atomic E-state index is -0.894. The molecule has 6 rings (SSSR count). The summed E-state index contributed by atoms with van der Waals surface area (Å²) in [6.07, 6.45) is 8.23. The number of aromatic hydroxyl groups is 1. The molecule has 0 aromatic heterocycles. The van der Waals surface area contributed by atoms with Crippen LogP contribution >= 0.6 is 0 Å². The summed E-state index contributed by atoms with van der Waals surface area (Å²) in [6.45, 7) is 8.54. The number of nitrogens with zero attached hydrogens (tertiary/aromatic N) is 4. The van der Waals surface area contributed by atoms with E-state index in [4.69, 9.17) is 4.74 Å². The summed E-state index contributed by atoms with van der Waals surface area (Å²) in [7, 11) is 0. The Kier molecular flexibility index (Phi) is 9.84. The molecule has 46 heavy (non-hydrogen) atoms. The normalized spacial score (nSPS) is 25.0. The Labute approximate surface area is 272 Å². The Hall–Kier alpha value is -3.63. The molecule has 0 saturated carbocycles. The van der Waals surface area contributed by atoms with Crippen molar-refractivity contribution in [3.05, 3.63) is 58.7 Å². The number of urea groups is 1. The summed E-state index contributed by atoms with van der Waals surface area (Å²) in [6, 6.07) is 11.8. The van der Waals surface area contributed by atoms with Gasteiger partial charge in [-0.25, -0.2) is 9.59 Å². The van der Waals surface area contributed by atoms with Gasteiger partial charge in [-0.3, -0.25) is 9.80 Å². The Bertz CT molecular complexity index is 1400. The summed E-state index contributed by atoms with van der Waals surface area (Å²) in [5.41, 5.74) is 3.33. The smallest absolute Gasteiger partial charge is 0.411 e. The van der Waals surface area contributed by atoms with E-state index in [9.17, 15) is 19.5 Å². The molecule has 10 heteroatoms. The third kappa shape index (κ3) is 6.60. The van der Waals surface area contributed by atoms with E-state index in [1.165, 1.54) is 19.3 Å². The number of likely N-dealkylation sites (tertiary alicyclic amines) is 3. The Morgan fingerprint density at radius 3 is 2.39 bits per heavy atom. The fourth-order valence-corrected chi connectivity index (χ4v) is 8.38. The lowest BCUT2D eigenvalue weighted by Gasteiger charge is -2.57. The first-order chi connectivity index (χ1) is 22.3. The van der Waals surface area contributed by atoms with Crippen molar-refractivity contribution in [3.63, 3.8) is 0 Å². The van der Waals surface area contributed by atoms with Crippen LogP contribution in [0.1, 0.15) is 73.6 Å². The molecule has 0 unspecified atom stereocenters. The van der Waals surface area contributed by atoms with Crippen LogP contribution in [-0.4, -0.2) is 100 Å². The van der Waals surface area contributed by atoms with Gasteiger partial charge in [0.05, 0.1) is 0 Å². The molecule has 0 spiro atoms. The molecular formula is C36H49N5O5. The highest BCUT2D eigenvalue weighted by Gasteiger charge is 2.52. The first-order valence-electron chi connectivity index (χ1n) is 17.1. The molecular weight excluding hydrogens is 582 g/mol. The van der Waals surface area contributed by atoms with E-state index in [0.717, 1.165) is 79.7 Å². The van der Waals surface area contributed by atoms with Crippen molar-refractivity contribution in [2.24, 2.45) is 0 Å². The van der Waals surface area contributed by atoms with Crippen LogP contribution in [-0.2, 0) is 22.6 Å². The third-order valence-corrected chi connectivity index (χ3v) is 10.8. The summed E-state index contributed by atoms with van der Waals surface area (Å²) < 4.78 is 5.95. The number of carbonyl (C=O) groups excluding carboxylic acids is 3. The molecule has 3 saturated heterocycles. The molecule has 4 aliphatic rings. The van der Waals surface area contributed by atoms with Crippen molar-refractivity contribution in [1.29, 1.82) is 0 Å². The number of fused-ring (bicyclic) bond motifs is 1. The summed E-state index contributed by atoms with van der Waals surface area (Å²) >= 11 is 0. The van der Waals surface area contributed by atoms with Crippen LogP contribution in [0.3, 0.4) is 0 Å². The van der Waals surface area contributed by atoms with Gasteiger partial charge in [-0.2, -0.15) is 0 Å². The maximum Gasteiger partial charge on any atom is 0.411 e. The van der Waals surface area contributed by atoms with Crippen LogP contribution in [0.2, 0.25) is 0 Å². The van der Waals surface area contributed by atoms with E-state index in [1.807, 2.05) is 49.1 Å². The van der Waals surface area contributed by atoms with Gasteiger partial charge in [0.15, 0.2) is 0 Å². The zero-order valence-electron chi connectivity index (χ0n) is 27.4. The van der Waals surface area contributed by atoms with Gasteiger partial charge in [-0.1, -0.05) is 24.6 Å². The number of aryl methyl sites for hydroxylation is 2. The van der Waals surface area contributed by atoms with Gasteiger partial charge in [0.2, 0.25) is 0 Å². The minimum absolute atomic E-state index is 0.0711. The van der Waals surface area contributed by atoms with Crippen LogP contribution < -0.4 is 5.32 Å². The number of benzene rings is 2. The third-order valence-electron chi connectivity index (χ3n) is 10.8. The van der Waals surface area contributed by atoms with Gasteiger partial charge < -0.3 is 29.8 Å². The molecule has 4 aliphatic heterocycles. The van der Waals surface area contributed by atoms with Crippen LogP contribution in [0.4, 0.5) is 15.3 Å². The number of rotatable bonds is 7. The molecule has 4 heterocycles. The highest BCUT2D eigenvalue weighted by atomic mass is 16.6. The van der Waals surface area contributed by atoms with E-state index in [-0.39, 0.29) is 30.9 Å². The maximum atomic E-state index is 14.0. The number of nitrogens with one attached hydrogen (secondary N) is 1. The van der Waals surface area contributed by atoms with E-state index < -0.39 is 11.8 Å². The monoisotopic (exact) mass is 631 g/mol. The zero-order chi connectivity index (χ0) is 32.3. The van der Waals surface area contributed by atoms with Crippen LogP contribution in [0.15, 0.2) is 36.4 Å². The lowest BCUT2D eigenvalue weighted by atomic mass is 9.84. The molecule has 0 aliphatic carbocycles. The number of ether oxygens (including phenoxy) is 1. The predicted molar refractivity (Wildman–Crippen MR) is 177 cm³/mol. The lowest BCUT2D eigenvalue weighted by molar-refractivity contribution is -0.128. The molecule has 2 aromatic carbocycles. The average Bonchev–Trinajstić information content (AvgIpc) is 3.24. The number of carbonyl (C=O) groups is 3. The molecule has 2 N–H and O–H groups in total. The number of anilines is 1. The summed E-state index contributed by atoms with van der Waals surface area (Å²) in [5.74, 6) is 0.246. The topological polar surface area (TPSA) is 106 Å². The Morgan fingerprint density at radius 2 is 1.67 bits per heavy atom. The predicted octanol–water partition coefficient (Wildman–Crippen LogP) is 5.44. The standard InChI is InChI=1S/C36H49N5O5/c1-26-22-28(23-27(2)33(26)43)25-46-35(45)41-20-13-31(40-19-10-29-8-4-5-9-32(29)37-34(40)44)24-36(41,14-21-42)39-17-11-30(12-18-39)38-15-6-3-7-16-38/h4-5,8-9,21-23,30-31,43H,3,6-7,10-20,24-25H2,1-2H3,(H,37,44)/t31-,36+/m1/s1. The van der Waals surface area contributed by atoms with Gasteiger partial charge in [-0.05, 0) is 106 Å². The SMILES string of the molecule is Cc1cc(COC(=O)N2CC[C@@H](N3CCc4ccccc4NC3=O)C[C@@]2(CC=O)N2CCC(N3CCCCC3)CC2)cc(C)c1O. The number of piperidine rings is 3. The first-order valence-corrected chi connectivity index (χ1v) is 17.1. The number of amides is 3. The van der Waals surface area contributed by atoms with E-state index in [2.05, 4.69) is 21.2 Å². The highest BCUT2D eigenvalue weighted by Crippen LogP contribution is 2.40. The molecule has 3 amide bonds. The van der Waals surface area contributed by atoms with Crippen molar-refractivity contribution in [2.75, 3.05) is 44.6 Å².